The van der Waals surface area contributed by atoms with Gasteiger partial charge >= 0.3 is 0 Å². The number of hydrogen-bond donors (Lipinski definition) is 1. The van der Waals surface area contributed by atoms with Crippen molar-refractivity contribution in [2.24, 2.45) is 0 Å². The highest BCUT2D eigenvalue weighted by Gasteiger charge is 2.21. The monoisotopic (exact) mass is 240 g/mol. The summed E-state index contributed by atoms with van der Waals surface area (Å²) in [5.41, 5.74) is 6.50. The van der Waals surface area contributed by atoms with E-state index in [4.69, 9.17) is 10.5 Å². The molecule has 0 bridgehead atoms. The van der Waals surface area contributed by atoms with E-state index in [1.165, 1.54) is 6.33 Å². The van der Waals surface area contributed by atoms with Gasteiger partial charge in [-0.1, -0.05) is 6.92 Å². The van der Waals surface area contributed by atoms with Crippen LogP contribution in [-0.4, -0.2) is 41.2 Å². The van der Waals surface area contributed by atoms with Gasteiger partial charge in [0.1, 0.15) is 12.0 Å². The molecule has 1 aromatic heterocycles. The topological polar surface area (TPSA) is 64.3 Å². The number of thioether (sulfide) groups is 1. The number of nitrogens with two attached hydrogens (primary N) is 1. The van der Waals surface area contributed by atoms with Crippen LogP contribution in [-0.2, 0) is 0 Å². The Morgan fingerprint density at radius 3 is 3.06 bits per heavy atom. The lowest BCUT2D eigenvalue weighted by Crippen LogP contribution is -2.37. The minimum absolute atomic E-state index is 0.455. The largest absolute Gasteiger partial charge is 0.479 e. The van der Waals surface area contributed by atoms with Crippen molar-refractivity contribution >= 4 is 23.3 Å². The van der Waals surface area contributed by atoms with E-state index in [1.807, 2.05) is 11.8 Å². The molecule has 2 heterocycles. The Kier molecular flexibility index (Phi) is 3.38. The maximum Gasteiger partial charge on any atom is 0.242 e. The summed E-state index contributed by atoms with van der Waals surface area (Å²) in [6, 6.07) is 0. The predicted molar refractivity (Wildman–Crippen MR) is 67.1 cm³/mol. The van der Waals surface area contributed by atoms with Crippen molar-refractivity contribution < 1.29 is 4.74 Å². The predicted octanol–water partition coefficient (Wildman–Crippen LogP) is 1.01. The molecule has 0 amide bonds. The van der Waals surface area contributed by atoms with Gasteiger partial charge in [0.15, 0.2) is 5.82 Å². The summed E-state index contributed by atoms with van der Waals surface area (Å²) in [5, 5.41) is 0.606. The quantitative estimate of drug-likeness (QED) is 0.832. The Bertz CT molecular complexity index is 374. The normalized spacial score (nSPS) is 20.9. The van der Waals surface area contributed by atoms with Gasteiger partial charge in [0.25, 0.3) is 0 Å². The van der Waals surface area contributed by atoms with E-state index >= 15 is 0 Å². The SMILES string of the molecule is COc1ncnc(N2CCSC(C)C2)c1N. The first-order chi connectivity index (χ1) is 7.72. The molecule has 88 valence electrons. The highest BCUT2D eigenvalue weighted by atomic mass is 32.2. The fraction of sp³-hybridized carbons (Fsp3) is 0.600. The molecule has 1 unspecified atom stereocenters. The van der Waals surface area contributed by atoms with Gasteiger partial charge in [-0.2, -0.15) is 16.7 Å². The minimum Gasteiger partial charge on any atom is -0.479 e. The second-order valence-electron chi connectivity index (χ2n) is 3.75. The first-order valence-electron chi connectivity index (χ1n) is 5.23. The molecule has 0 spiro atoms. The lowest BCUT2D eigenvalue weighted by Gasteiger charge is -2.32. The van der Waals surface area contributed by atoms with Gasteiger partial charge in [-0.25, -0.2) is 4.98 Å². The highest BCUT2D eigenvalue weighted by molar-refractivity contribution is 8.00. The Morgan fingerprint density at radius 2 is 2.38 bits per heavy atom. The zero-order chi connectivity index (χ0) is 11.5. The van der Waals surface area contributed by atoms with Crippen LogP contribution >= 0.6 is 11.8 Å². The van der Waals surface area contributed by atoms with Gasteiger partial charge in [0.05, 0.1) is 7.11 Å². The Balaban J connectivity index is 2.25. The Hall–Kier alpha value is -1.17. The van der Waals surface area contributed by atoms with Crippen LogP contribution in [0.4, 0.5) is 11.5 Å². The van der Waals surface area contributed by atoms with Gasteiger partial charge < -0.3 is 15.4 Å². The van der Waals surface area contributed by atoms with Crippen LogP contribution in [0.1, 0.15) is 6.92 Å². The number of aromatic nitrogens is 2. The molecule has 1 saturated heterocycles. The van der Waals surface area contributed by atoms with E-state index in [1.54, 1.807) is 7.11 Å². The van der Waals surface area contributed by atoms with Crippen LogP contribution in [0.3, 0.4) is 0 Å². The van der Waals surface area contributed by atoms with E-state index in [2.05, 4.69) is 21.8 Å². The van der Waals surface area contributed by atoms with Gasteiger partial charge in [0.2, 0.25) is 5.88 Å². The van der Waals surface area contributed by atoms with Crippen molar-refractivity contribution in [1.82, 2.24) is 9.97 Å². The number of nitrogens with zero attached hydrogens (tertiary/aromatic N) is 3. The lowest BCUT2D eigenvalue weighted by molar-refractivity contribution is 0.399. The lowest BCUT2D eigenvalue weighted by atomic mass is 10.3. The first-order valence-corrected chi connectivity index (χ1v) is 6.28. The summed E-state index contributed by atoms with van der Waals surface area (Å²) in [4.78, 5) is 10.4. The van der Waals surface area contributed by atoms with Crippen LogP contribution in [0.25, 0.3) is 0 Å². The number of nitrogen functional groups attached to an aromatic ring is 1. The Morgan fingerprint density at radius 1 is 1.56 bits per heavy atom. The average molecular weight is 240 g/mol. The molecule has 0 radical (unpaired) electrons. The molecule has 16 heavy (non-hydrogen) atoms. The third kappa shape index (κ3) is 2.16. The molecule has 1 aromatic rings. The third-order valence-electron chi connectivity index (χ3n) is 2.56. The van der Waals surface area contributed by atoms with Gasteiger partial charge in [0, 0.05) is 24.1 Å². The van der Waals surface area contributed by atoms with E-state index in [0.29, 0.717) is 16.8 Å². The molecule has 2 rings (SSSR count). The Labute approximate surface area is 99.4 Å². The highest BCUT2D eigenvalue weighted by Crippen LogP contribution is 2.30. The fourth-order valence-corrected chi connectivity index (χ4v) is 2.81. The maximum atomic E-state index is 5.97. The molecule has 0 aliphatic carbocycles. The summed E-state index contributed by atoms with van der Waals surface area (Å²) in [6.45, 7) is 4.15. The first kappa shape index (κ1) is 11.3. The molecule has 0 saturated carbocycles. The van der Waals surface area contributed by atoms with Crippen molar-refractivity contribution in [3.8, 4) is 5.88 Å². The van der Waals surface area contributed by atoms with E-state index in [0.717, 1.165) is 24.7 Å². The van der Waals surface area contributed by atoms with Crippen LogP contribution in [0.15, 0.2) is 6.33 Å². The summed E-state index contributed by atoms with van der Waals surface area (Å²) in [6.07, 6.45) is 1.50. The van der Waals surface area contributed by atoms with Crippen molar-refractivity contribution in [3.05, 3.63) is 6.33 Å². The smallest absolute Gasteiger partial charge is 0.242 e. The molecule has 1 aliphatic heterocycles. The van der Waals surface area contributed by atoms with Crippen molar-refractivity contribution in [2.45, 2.75) is 12.2 Å². The standard InChI is InChI=1S/C10H16N4OS/c1-7-5-14(3-4-16-7)9-8(11)10(15-2)13-6-12-9/h6-7H,3-5,11H2,1-2H3. The van der Waals surface area contributed by atoms with Crippen molar-refractivity contribution in [1.29, 1.82) is 0 Å². The number of methoxy groups -OCH3 is 1. The molecular formula is C10H16N4OS. The molecule has 0 aromatic carbocycles. The summed E-state index contributed by atoms with van der Waals surface area (Å²) in [5.74, 6) is 2.35. The van der Waals surface area contributed by atoms with Crippen molar-refractivity contribution in [2.75, 3.05) is 36.6 Å². The number of ether oxygens (including phenoxy) is 1. The minimum atomic E-state index is 0.455. The molecule has 5 nitrogen and oxygen atoms in total. The van der Waals surface area contributed by atoms with Gasteiger partial charge in [-0.3, -0.25) is 0 Å². The van der Waals surface area contributed by atoms with E-state index in [9.17, 15) is 0 Å². The summed E-state index contributed by atoms with van der Waals surface area (Å²) < 4.78 is 5.10. The second-order valence-corrected chi connectivity index (χ2v) is 5.29. The molecular weight excluding hydrogens is 224 g/mol. The van der Waals surface area contributed by atoms with Crippen LogP contribution < -0.4 is 15.4 Å². The summed E-state index contributed by atoms with van der Waals surface area (Å²) >= 11 is 1.98. The van der Waals surface area contributed by atoms with Gasteiger partial charge in [-0.15, -0.1) is 0 Å². The van der Waals surface area contributed by atoms with E-state index in [-0.39, 0.29) is 0 Å². The molecule has 2 N–H and O–H groups in total. The number of anilines is 2. The average Bonchev–Trinajstić information content (AvgIpc) is 2.29. The maximum absolute atomic E-state index is 5.97. The van der Waals surface area contributed by atoms with Crippen LogP contribution in [0.2, 0.25) is 0 Å². The number of hydrogen-bond acceptors (Lipinski definition) is 6. The third-order valence-corrected chi connectivity index (χ3v) is 3.70. The van der Waals surface area contributed by atoms with Crippen molar-refractivity contribution in [3.63, 3.8) is 0 Å². The van der Waals surface area contributed by atoms with Crippen LogP contribution in [0.5, 0.6) is 5.88 Å². The second kappa shape index (κ2) is 4.78. The summed E-state index contributed by atoms with van der Waals surface area (Å²) in [7, 11) is 1.57. The van der Waals surface area contributed by atoms with E-state index < -0.39 is 0 Å². The zero-order valence-electron chi connectivity index (χ0n) is 9.51. The molecule has 1 atom stereocenters. The zero-order valence-corrected chi connectivity index (χ0v) is 10.3. The fourth-order valence-electron chi connectivity index (χ4n) is 1.80. The molecule has 1 aliphatic rings. The molecule has 6 heteroatoms. The number of rotatable bonds is 2. The molecule has 1 fully saturated rings. The van der Waals surface area contributed by atoms with Crippen LogP contribution in [0, 0.1) is 0 Å². The van der Waals surface area contributed by atoms with Gasteiger partial charge in [-0.05, 0) is 0 Å².